The van der Waals surface area contributed by atoms with E-state index in [1.807, 2.05) is 50.2 Å². The maximum absolute atomic E-state index is 14.3. The van der Waals surface area contributed by atoms with E-state index in [9.17, 15) is 29.2 Å². The first kappa shape index (κ1) is 38.5. The predicted octanol–water partition coefficient (Wildman–Crippen LogP) is 1.75. The van der Waals surface area contributed by atoms with Gasteiger partial charge in [0.2, 0.25) is 17.7 Å². The quantitative estimate of drug-likeness (QED) is 0.315. The van der Waals surface area contributed by atoms with E-state index in [1.165, 1.54) is 18.1 Å². The highest BCUT2D eigenvalue weighted by Gasteiger charge is 2.40. The number of amides is 5. The minimum atomic E-state index is -1.03. The van der Waals surface area contributed by atoms with Gasteiger partial charge in [0.1, 0.15) is 29.6 Å². The summed E-state index contributed by atoms with van der Waals surface area (Å²) >= 11 is 0. The van der Waals surface area contributed by atoms with Gasteiger partial charge in [-0.1, -0.05) is 56.3 Å². The van der Waals surface area contributed by atoms with Crippen LogP contribution in [0.25, 0.3) is 0 Å². The highest BCUT2D eigenvalue weighted by Crippen LogP contribution is 2.31. The molecule has 3 aromatic rings. The lowest BCUT2D eigenvalue weighted by Gasteiger charge is -2.29. The Morgan fingerprint density at radius 1 is 0.981 bits per heavy atom. The second kappa shape index (κ2) is 17.7. The average molecular weight is 726 g/mol. The first-order valence-electron chi connectivity index (χ1n) is 17.7. The van der Waals surface area contributed by atoms with Crippen molar-refractivity contribution in [2.24, 2.45) is 13.0 Å². The van der Waals surface area contributed by atoms with Gasteiger partial charge in [0.05, 0.1) is 24.8 Å². The number of aromatic nitrogens is 1. The molecule has 14 heteroatoms. The predicted molar refractivity (Wildman–Crippen MR) is 195 cm³/mol. The van der Waals surface area contributed by atoms with Crippen molar-refractivity contribution < 1.29 is 33.4 Å². The van der Waals surface area contributed by atoms with Gasteiger partial charge in [0.15, 0.2) is 6.61 Å². The largest absolute Gasteiger partial charge is 0.484 e. The van der Waals surface area contributed by atoms with E-state index in [0.29, 0.717) is 23.4 Å². The number of benzene rings is 2. The van der Waals surface area contributed by atoms with Gasteiger partial charge in [0.25, 0.3) is 11.8 Å². The van der Waals surface area contributed by atoms with Crippen molar-refractivity contribution in [3.05, 3.63) is 89.2 Å². The number of fused-ring (bicyclic) bond motifs is 4. The molecule has 0 unspecified atom stereocenters. The molecule has 0 saturated carbocycles. The van der Waals surface area contributed by atoms with Gasteiger partial charge < -0.3 is 39.8 Å². The Kier molecular flexibility index (Phi) is 12.9. The minimum absolute atomic E-state index is 0.0394. The van der Waals surface area contributed by atoms with Crippen LogP contribution in [-0.2, 0) is 37.4 Å². The monoisotopic (exact) mass is 725 g/mol. The highest BCUT2D eigenvalue weighted by atomic mass is 16.5. The fourth-order valence-electron chi connectivity index (χ4n) is 6.81. The lowest BCUT2D eigenvalue weighted by atomic mass is 9.93. The van der Waals surface area contributed by atoms with E-state index < -0.39 is 41.8 Å². The number of methoxy groups -OCH3 is 1. The third kappa shape index (κ3) is 10.0. The molecule has 5 rings (SSSR count). The average Bonchev–Trinajstić information content (AvgIpc) is 3.74. The van der Waals surface area contributed by atoms with Gasteiger partial charge in [-0.3, -0.25) is 24.0 Å². The number of ether oxygens (including phenoxy) is 2. The second-order valence-electron chi connectivity index (χ2n) is 13.9. The molecule has 53 heavy (non-hydrogen) atoms. The second-order valence-corrected chi connectivity index (χ2v) is 13.9. The molecule has 4 atom stereocenters. The summed E-state index contributed by atoms with van der Waals surface area (Å²) in [6.07, 6.45) is 2.07. The zero-order valence-electron chi connectivity index (χ0n) is 30.5. The molecule has 2 bridgehead atoms. The summed E-state index contributed by atoms with van der Waals surface area (Å²) in [5.41, 5.74) is 2.26. The van der Waals surface area contributed by atoms with Crippen LogP contribution in [0.5, 0.6) is 5.75 Å². The van der Waals surface area contributed by atoms with Crippen LogP contribution in [0.1, 0.15) is 53.4 Å². The van der Waals surface area contributed by atoms with Crippen molar-refractivity contribution >= 4 is 29.5 Å². The zero-order chi connectivity index (χ0) is 38.1. The summed E-state index contributed by atoms with van der Waals surface area (Å²) in [5, 5.41) is 18.2. The molecule has 5 amide bonds. The molecular weight excluding hydrogens is 678 g/mol. The number of likely N-dealkylation sites (tertiary alicyclic amines) is 1. The van der Waals surface area contributed by atoms with Crippen molar-refractivity contribution in [2.75, 3.05) is 46.5 Å². The number of rotatable bonds is 8. The van der Waals surface area contributed by atoms with Gasteiger partial charge in [-0.2, -0.15) is 5.26 Å². The Morgan fingerprint density at radius 2 is 1.74 bits per heavy atom. The molecule has 280 valence electrons. The molecule has 3 N–H and O–H groups in total. The van der Waals surface area contributed by atoms with Gasteiger partial charge in [-0.15, -0.1) is 0 Å². The van der Waals surface area contributed by atoms with Crippen LogP contribution in [0.15, 0.2) is 66.9 Å². The summed E-state index contributed by atoms with van der Waals surface area (Å²) in [4.78, 5) is 71.9. The Balaban J connectivity index is 1.51. The van der Waals surface area contributed by atoms with Crippen LogP contribution < -0.4 is 20.7 Å². The lowest BCUT2D eigenvalue weighted by molar-refractivity contribution is -0.141. The van der Waals surface area contributed by atoms with Gasteiger partial charge in [-0.25, -0.2) is 0 Å². The first-order chi connectivity index (χ1) is 25.4. The van der Waals surface area contributed by atoms with Crippen LogP contribution in [0.2, 0.25) is 0 Å². The summed E-state index contributed by atoms with van der Waals surface area (Å²) in [6, 6.07) is 17.5. The first-order valence-corrected chi connectivity index (χ1v) is 17.7. The zero-order valence-corrected chi connectivity index (χ0v) is 30.5. The number of aryl methyl sites for hydroxylation is 1. The number of hydrogen-bond acceptors (Lipinski definition) is 8. The molecule has 1 aromatic heterocycles. The number of nitrogens with one attached hydrogen (secondary N) is 3. The molecule has 1 fully saturated rings. The smallest absolute Gasteiger partial charge is 0.270 e. The van der Waals surface area contributed by atoms with Crippen LogP contribution in [0.4, 0.5) is 0 Å². The SMILES string of the molecule is COCCN1CC(=O)N[C@@H](Cc2ccccc2)C(=O)N[C@H]2CN(C(=O)c3cc(C#N)cn3C)C[C@@H]2c2cccc(c2)OCC(=O)N[C@H](CC(C)C)C1=O. The molecular formula is C39H47N7O7. The maximum Gasteiger partial charge on any atom is 0.270 e. The standard InChI is InChI=1S/C39H47N7O7/c1-25(2)15-32-38(50)45(13-14-52-4)23-35(47)41-31(16-26-9-6-5-7-10-26)37(49)43-33-22-46(39(51)34-17-27(19-40)20-44(34)3)21-30(33)28-11-8-12-29(18-28)53-24-36(48)42-32/h5-12,17-18,20,25,30-33H,13-16,21-24H2,1-4H3,(H,41,47)(H,42,48)(H,43,49)/t30-,31+,32-,33+/m1/s1. The third-order valence-electron chi connectivity index (χ3n) is 9.43. The van der Waals surface area contributed by atoms with Gasteiger partial charge in [-0.05, 0) is 41.7 Å². The number of hydrogen-bond donors (Lipinski definition) is 3. The Morgan fingerprint density at radius 3 is 2.43 bits per heavy atom. The number of carbonyl (C=O) groups excluding carboxylic acids is 5. The van der Waals surface area contributed by atoms with Gasteiger partial charge in [0, 0.05) is 52.3 Å². The van der Waals surface area contributed by atoms with Crippen molar-refractivity contribution in [3.8, 4) is 11.8 Å². The summed E-state index contributed by atoms with van der Waals surface area (Å²) in [5.74, 6) is -2.22. The van der Waals surface area contributed by atoms with Crippen LogP contribution in [0.3, 0.4) is 0 Å². The highest BCUT2D eigenvalue weighted by molar-refractivity contribution is 5.94. The minimum Gasteiger partial charge on any atom is -0.484 e. The fraction of sp³-hybridized carbons (Fsp3) is 0.436. The third-order valence-corrected chi connectivity index (χ3v) is 9.43. The Hall–Kier alpha value is -5.68. The van der Waals surface area contributed by atoms with E-state index in [4.69, 9.17) is 9.47 Å². The molecule has 2 aliphatic rings. The number of nitriles is 1. The molecule has 3 heterocycles. The fourth-order valence-corrected chi connectivity index (χ4v) is 6.81. The maximum atomic E-state index is 14.3. The summed E-state index contributed by atoms with van der Waals surface area (Å²) in [6.45, 7) is 3.74. The van der Waals surface area contributed by atoms with Crippen molar-refractivity contribution in [2.45, 2.75) is 50.7 Å². The Labute approximate surface area is 309 Å². The van der Waals surface area contributed by atoms with E-state index in [2.05, 4.69) is 22.0 Å². The van der Waals surface area contributed by atoms with E-state index in [1.54, 1.807) is 40.9 Å². The molecule has 2 aromatic carbocycles. The normalized spacial score (nSPS) is 21.4. The van der Waals surface area contributed by atoms with Crippen molar-refractivity contribution in [3.63, 3.8) is 0 Å². The molecule has 1 saturated heterocycles. The topological polar surface area (TPSA) is 175 Å². The van der Waals surface area contributed by atoms with Crippen molar-refractivity contribution in [1.29, 1.82) is 5.26 Å². The molecule has 2 aliphatic heterocycles. The van der Waals surface area contributed by atoms with Crippen LogP contribution in [0, 0.1) is 17.2 Å². The van der Waals surface area contributed by atoms with Crippen LogP contribution in [-0.4, -0.2) is 109 Å². The number of carbonyl (C=O) groups is 5. The molecule has 14 nitrogen and oxygen atoms in total. The lowest BCUT2D eigenvalue weighted by Crippen LogP contribution is -2.56. The van der Waals surface area contributed by atoms with Gasteiger partial charge >= 0.3 is 0 Å². The summed E-state index contributed by atoms with van der Waals surface area (Å²) < 4.78 is 12.7. The summed E-state index contributed by atoms with van der Waals surface area (Å²) in [7, 11) is 3.18. The Bertz CT molecular complexity index is 1840. The van der Waals surface area contributed by atoms with Crippen molar-refractivity contribution in [1.82, 2.24) is 30.3 Å². The van der Waals surface area contributed by atoms with Crippen LogP contribution >= 0.6 is 0 Å². The van der Waals surface area contributed by atoms with E-state index in [-0.39, 0.29) is 63.6 Å². The number of nitrogens with zero attached hydrogens (tertiary/aromatic N) is 4. The van der Waals surface area contributed by atoms with E-state index in [0.717, 1.165) is 11.1 Å². The van der Waals surface area contributed by atoms with E-state index >= 15 is 0 Å². The molecule has 0 radical (unpaired) electrons. The molecule has 0 aliphatic carbocycles. The molecule has 0 spiro atoms.